The smallest absolute Gasteiger partial charge is 0.333 e. The van der Waals surface area contributed by atoms with Gasteiger partial charge in [0.1, 0.15) is 10.6 Å². The Morgan fingerprint density at radius 1 is 1.14 bits per heavy atom. The minimum atomic E-state index is -1.69. The summed E-state index contributed by atoms with van der Waals surface area (Å²) in [5.41, 5.74) is -1.12. The Bertz CT molecular complexity index is 1580. The van der Waals surface area contributed by atoms with Crippen molar-refractivity contribution in [3.63, 3.8) is 0 Å². The monoisotopic (exact) mass is 524 g/mol. The highest BCUT2D eigenvalue weighted by Crippen LogP contribution is 2.49. The van der Waals surface area contributed by atoms with Crippen molar-refractivity contribution in [1.29, 1.82) is 5.26 Å². The molecule has 0 radical (unpaired) electrons. The first-order chi connectivity index (χ1) is 17.4. The Kier molecular flexibility index (Phi) is 6.32. The first-order valence-electron chi connectivity index (χ1n) is 11.0. The molecular formula is C25H18ClFN4O4S. The van der Waals surface area contributed by atoms with Crippen molar-refractivity contribution in [2.24, 2.45) is 0 Å². The van der Waals surface area contributed by atoms with Gasteiger partial charge in [-0.05, 0) is 47.2 Å². The lowest BCUT2D eigenvalue weighted by atomic mass is 9.81. The van der Waals surface area contributed by atoms with Crippen molar-refractivity contribution in [2.75, 3.05) is 26.3 Å². The number of rotatable bonds is 5. The van der Waals surface area contributed by atoms with Crippen molar-refractivity contribution in [3.05, 3.63) is 103 Å². The molecule has 0 N–H and O–H groups in total. The molecule has 36 heavy (non-hydrogen) atoms. The van der Waals surface area contributed by atoms with E-state index in [1.54, 1.807) is 35.2 Å². The third-order valence-corrected chi connectivity index (χ3v) is 7.68. The first kappa shape index (κ1) is 24.1. The standard InChI is InChI=1S/C25H18ClFN4O4S/c26-19-14-16(6-8-20(19)27)25(15-28,29-10-12-35-13-11-29)22-18-7-9-21(32)30(17-4-2-1-3-5-17)23(18)36-24(22)31(33)34/h1-9,14H,10-13H2. The molecule has 1 fully saturated rings. The number of benzene rings is 2. The fourth-order valence-corrected chi connectivity index (χ4v) is 6.03. The van der Waals surface area contributed by atoms with Gasteiger partial charge >= 0.3 is 5.00 Å². The zero-order valence-electron chi connectivity index (χ0n) is 18.7. The van der Waals surface area contributed by atoms with Gasteiger partial charge in [0.15, 0.2) is 5.54 Å². The number of ether oxygens (including phenoxy) is 1. The zero-order valence-corrected chi connectivity index (χ0v) is 20.3. The lowest BCUT2D eigenvalue weighted by Crippen LogP contribution is -2.51. The fraction of sp³-hybridized carbons (Fsp3) is 0.200. The Labute approximate surface area is 213 Å². The number of aromatic nitrogens is 1. The summed E-state index contributed by atoms with van der Waals surface area (Å²) in [4.78, 5) is 26.9. The summed E-state index contributed by atoms with van der Waals surface area (Å²) in [5, 5.41) is 23.1. The van der Waals surface area contributed by atoms with Gasteiger partial charge in [0.25, 0.3) is 5.56 Å². The number of nitrogens with zero attached hydrogens (tertiary/aromatic N) is 4. The highest BCUT2D eigenvalue weighted by atomic mass is 35.5. The Balaban J connectivity index is 1.92. The van der Waals surface area contributed by atoms with Gasteiger partial charge in [-0.25, -0.2) is 4.39 Å². The molecule has 0 saturated carbocycles. The van der Waals surface area contributed by atoms with Crippen LogP contribution >= 0.6 is 22.9 Å². The van der Waals surface area contributed by atoms with E-state index >= 15 is 0 Å². The van der Waals surface area contributed by atoms with Crippen LogP contribution in [0.25, 0.3) is 15.9 Å². The van der Waals surface area contributed by atoms with E-state index in [1.807, 2.05) is 0 Å². The highest BCUT2D eigenvalue weighted by molar-refractivity contribution is 7.22. The summed E-state index contributed by atoms with van der Waals surface area (Å²) < 4.78 is 21.0. The van der Waals surface area contributed by atoms with E-state index in [0.29, 0.717) is 47.8 Å². The molecule has 4 aromatic rings. The molecular weight excluding hydrogens is 507 g/mol. The van der Waals surface area contributed by atoms with Gasteiger partial charge in [-0.3, -0.25) is 24.4 Å². The summed E-state index contributed by atoms with van der Waals surface area (Å²) in [7, 11) is 0. The molecule has 8 nitrogen and oxygen atoms in total. The van der Waals surface area contributed by atoms with E-state index in [0.717, 1.165) is 17.4 Å². The van der Waals surface area contributed by atoms with Crippen molar-refractivity contribution < 1.29 is 14.1 Å². The minimum absolute atomic E-state index is 0.115. The topological polar surface area (TPSA) is 101 Å². The van der Waals surface area contributed by atoms with Crippen LogP contribution in [0.2, 0.25) is 5.02 Å². The Hall–Kier alpha value is -3.62. The second-order valence-electron chi connectivity index (χ2n) is 8.15. The van der Waals surface area contributed by atoms with E-state index in [-0.39, 0.29) is 21.1 Å². The van der Waals surface area contributed by atoms with Crippen LogP contribution in [0.4, 0.5) is 9.39 Å². The molecule has 11 heteroatoms. The molecule has 2 aromatic heterocycles. The van der Waals surface area contributed by atoms with Gasteiger partial charge in [-0.2, -0.15) is 5.26 Å². The normalized spacial score (nSPS) is 15.9. The number of nitriles is 1. The highest BCUT2D eigenvalue weighted by Gasteiger charge is 2.49. The quantitative estimate of drug-likeness (QED) is 0.273. The van der Waals surface area contributed by atoms with E-state index in [9.17, 15) is 24.6 Å². The molecule has 1 saturated heterocycles. The molecule has 1 unspecified atom stereocenters. The van der Waals surface area contributed by atoms with Crippen LogP contribution in [0.5, 0.6) is 0 Å². The number of morpholine rings is 1. The molecule has 182 valence electrons. The largest absolute Gasteiger partial charge is 0.379 e. The van der Waals surface area contributed by atoms with Gasteiger partial charge in [0.05, 0.1) is 40.5 Å². The molecule has 3 heterocycles. The van der Waals surface area contributed by atoms with Crippen molar-refractivity contribution in [2.45, 2.75) is 5.54 Å². The molecule has 1 aliphatic heterocycles. The molecule has 0 spiro atoms. The van der Waals surface area contributed by atoms with Crippen LogP contribution in [-0.4, -0.2) is 40.7 Å². The summed E-state index contributed by atoms with van der Waals surface area (Å²) in [6.45, 7) is 1.22. The van der Waals surface area contributed by atoms with Crippen LogP contribution in [0.3, 0.4) is 0 Å². The van der Waals surface area contributed by atoms with E-state index in [4.69, 9.17) is 16.3 Å². The molecule has 1 aliphatic rings. The number of nitro groups is 1. The second-order valence-corrected chi connectivity index (χ2v) is 9.54. The maximum absolute atomic E-state index is 14.1. The van der Waals surface area contributed by atoms with Crippen LogP contribution < -0.4 is 5.56 Å². The van der Waals surface area contributed by atoms with Crippen molar-refractivity contribution in [1.82, 2.24) is 9.47 Å². The van der Waals surface area contributed by atoms with Gasteiger partial charge in [0, 0.05) is 24.5 Å². The number of pyridine rings is 1. The van der Waals surface area contributed by atoms with Crippen LogP contribution in [0.1, 0.15) is 11.1 Å². The minimum Gasteiger partial charge on any atom is -0.379 e. The number of para-hydroxylation sites is 1. The van der Waals surface area contributed by atoms with Crippen LogP contribution in [0, 0.1) is 27.3 Å². The first-order valence-corrected chi connectivity index (χ1v) is 12.2. The Morgan fingerprint density at radius 3 is 2.50 bits per heavy atom. The number of fused-ring (bicyclic) bond motifs is 1. The van der Waals surface area contributed by atoms with Crippen LogP contribution in [0.15, 0.2) is 65.5 Å². The molecule has 0 aliphatic carbocycles. The number of thiophene rings is 1. The maximum atomic E-state index is 14.1. The maximum Gasteiger partial charge on any atom is 0.333 e. The predicted molar refractivity (Wildman–Crippen MR) is 134 cm³/mol. The van der Waals surface area contributed by atoms with Gasteiger partial charge in [0.2, 0.25) is 0 Å². The molecule has 0 amide bonds. The lowest BCUT2D eigenvalue weighted by molar-refractivity contribution is -0.381. The van der Waals surface area contributed by atoms with Gasteiger partial charge in [-0.1, -0.05) is 35.9 Å². The lowest BCUT2D eigenvalue weighted by Gasteiger charge is -2.40. The van der Waals surface area contributed by atoms with Crippen molar-refractivity contribution in [3.8, 4) is 11.8 Å². The van der Waals surface area contributed by atoms with E-state index in [1.165, 1.54) is 28.8 Å². The SMILES string of the molecule is N#CC(c1ccc(F)c(Cl)c1)(c1c([N+](=O)[O-])sc2c1ccc(=O)n2-c1ccccc1)N1CCOCC1. The van der Waals surface area contributed by atoms with Gasteiger partial charge < -0.3 is 4.74 Å². The third-order valence-electron chi connectivity index (χ3n) is 6.25. The Morgan fingerprint density at radius 2 is 1.86 bits per heavy atom. The average Bonchev–Trinajstić information content (AvgIpc) is 3.28. The molecule has 2 aromatic carbocycles. The third kappa shape index (κ3) is 3.77. The summed E-state index contributed by atoms with van der Waals surface area (Å²) in [6.07, 6.45) is 0. The molecule has 5 rings (SSSR count). The van der Waals surface area contributed by atoms with Crippen molar-refractivity contribution >= 4 is 38.2 Å². The summed E-state index contributed by atoms with van der Waals surface area (Å²) >= 11 is 6.94. The number of hydrogen-bond acceptors (Lipinski definition) is 7. The fourth-order valence-electron chi connectivity index (χ4n) is 4.67. The number of halogens is 2. The predicted octanol–water partition coefficient (Wildman–Crippen LogP) is 4.85. The second kappa shape index (κ2) is 9.44. The van der Waals surface area contributed by atoms with Crippen LogP contribution in [-0.2, 0) is 10.3 Å². The van der Waals surface area contributed by atoms with E-state index in [2.05, 4.69) is 6.07 Å². The van der Waals surface area contributed by atoms with Gasteiger partial charge in [-0.15, -0.1) is 0 Å². The summed E-state index contributed by atoms with van der Waals surface area (Å²) in [5.74, 6) is -0.670. The number of hydrogen-bond donors (Lipinski definition) is 0. The molecule has 1 atom stereocenters. The molecule has 0 bridgehead atoms. The summed E-state index contributed by atoms with van der Waals surface area (Å²) in [6, 6.07) is 17.8. The average molecular weight is 525 g/mol. The van der Waals surface area contributed by atoms with E-state index < -0.39 is 16.3 Å². The zero-order chi connectivity index (χ0) is 25.4.